The Labute approximate surface area is 173 Å². The Morgan fingerprint density at radius 3 is 2.77 bits per heavy atom. The number of aromatic nitrogens is 5. The molecule has 1 aromatic carbocycles. The summed E-state index contributed by atoms with van der Waals surface area (Å²) in [6, 6.07) is 12.6. The fourth-order valence-corrected chi connectivity index (χ4v) is 3.69. The second-order valence-electron chi connectivity index (χ2n) is 6.09. The average molecular weight is 415 g/mol. The van der Waals surface area contributed by atoms with Crippen molar-refractivity contribution in [1.29, 1.82) is 0 Å². The lowest BCUT2D eigenvalue weighted by atomic mass is 10.2. The van der Waals surface area contributed by atoms with E-state index in [1.54, 1.807) is 30.6 Å². The van der Waals surface area contributed by atoms with Crippen LogP contribution >= 0.6 is 11.3 Å². The number of nitrogens with zero attached hydrogens (tertiary/aromatic N) is 5. The standard InChI is InChI=1S/C20H13N7O2S/c28-11-25-15-3-1-7-21-18(15)29-12-5-6-14-13(9-12)17(24-10-23-14)27-20-26-16-4-2-8-22-19(16)30-20/h1-11H,(H,25,28)(H,23,24,26,27). The summed E-state index contributed by atoms with van der Waals surface area (Å²) in [5, 5.41) is 7.25. The Kier molecular flexibility index (Phi) is 4.58. The van der Waals surface area contributed by atoms with E-state index in [9.17, 15) is 4.79 Å². The summed E-state index contributed by atoms with van der Waals surface area (Å²) < 4.78 is 5.88. The summed E-state index contributed by atoms with van der Waals surface area (Å²) in [7, 11) is 0. The Morgan fingerprint density at radius 2 is 1.87 bits per heavy atom. The second-order valence-corrected chi connectivity index (χ2v) is 7.07. The maximum atomic E-state index is 10.8. The molecule has 0 saturated carbocycles. The van der Waals surface area contributed by atoms with Crippen molar-refractivity contribution in [3.8, 4) is 11.6 Å². The summed E-state index contributed by atoms with van der Waals surface area (Å²) in [5.74, 6) is 1.41. The van der Waals surface area contributed by atoms with E-state index in [1.165, 1.54) is 17.7 Å². The molecule has 0 spiro atoms. The second kappa shape index (κ2) is 7.68. The van der Waals surface area contributed by atoms with Crippen molar-refractivity contribution in [3.05, 3.63) is 61.2 Å². The van der Waals surface area contributed by atoms with Crippen molar-refractivity contribution in [2.75, 3.05) is 10.6 Å². The van der Waals surface area contributed by atoms with Gasteiger partial charge in [0.1, 0.15) is 33.9 Å². The lowest BCUT2D eigenvalue weighted by Gasteiger charge is -2.10. The molecule has 0 fully saturated rings. The third-order valence-electron chi connectivity index (χ3n) is 4.20. The van der Waals surface area contributed by atoms with E-state index in [-0.39, 0.29) is 5.88 Å². The van der Waals surface area contributed by atoms with E-state index in [0.29, 0.717) is 28.8 Å². The number of carbonyl (C=O) groups is 1. The van der Waals surface area contributed by atoms with Crippen LogP contribution in [-0.2, 0) is 4.79 Å². The first-order chi connectivity index (χ1) is 14.8. The highest BCUT2D eigenvalue weighted by atomic mass is 32.1. The lowest BCUT2D eigenvalue weighted by molar-refractivity contribution is -0.105. The molecule has 4 heterocycles. The number of anilines is 3. The number of pyridine rings is 2. The predicted molar refractivity (Wildman–Crippen MR) is 114 cm³/mol. The molecule has 5 rings (SSSR count). The predicted octanol–water partition coefficient (Wildman–Crippen LogP) is 4.13. The van der Waals surface area contributed by atoms with E-state index >= 15 is 0 Å². The molecule has 9 nitrogen and oxygen atoms in total. The van der Waals surface area contributed by atoms with E-state index in [2.05, 4.69) is 35.6 Å². The molecule has 0 unspecified atom stereocenters. The Balaban J connectivity index is 1.50. The Morgan fingerprint density at radius 1 is 0.967 bits per heavy atom. The molecule has 0 aliphatic rings. The quantitative estimate of drug-likeness (QED) is 0.398. The summed E-state index contributed by atoms with van der Waals surface area (Å²) in [4.78, 5) is 33.4. The smallest absolute Gasteiger partial charge is 0.243 e. The summed E-state index contributed by atoms with van der Waals surface area (Å²) in [5.41, 5.74) is 2.03. The van der Waals surface area contributed by atoms with Crippen molar-refractivity contribution >= 4 is 55.6 Å². The van der Waals surface area contributed by atoms with Crippen LogP contribution in [0.5, 0.6) is 11.6 Å². The summed E-state index contributed by atoms with van der Waals surface area (Å²) in [6.07, 6.45) is 5.39. The minimum Gasteiger partial charge on any atom is -0.437 e. The molecule has 0 bridgehead atoms. The van der Waals surface area contributed by atoms with Gasteiger partial charge in [0.05, 0.1) is 5.52 Å². The van der Waals surface area contributed by atoms with Crippen LogP contribution in [0.1, 0.15) is 0 Å². The molecule has 0 aliphatic carbocycles. The molecule has 0 saturated heterocycles. The van der Waals surface area contributed by atoms with E-state index in [4.69, 9.17) is 4.74 Å². The summed E-state index contributed by atoms with van der Waals surface area (Å²) >= 11 is 1.44. The van der Waals surface area contributed by atoms with Crippen molar-refractivity contribution in [3.63, 3.8) is 0 Å². The van der Waals surface area contributed by atoms with Crippen LogP contribution in [0.4, 0.5) is 16.6 Å². The zero-order chi connectivity index (χ0) is 20.3. The number of hydrogen-bond donors (Lipinski definition) is 2. The largest absolute Gasteiger partial charge is 0.437 e. The third-order valence-corrected chi connectivity index (χ3v) is 5.09. The van der Waals surface area contributed by atoms with Crippen LogP contribution in [-0.4, -0.2) is 31.3 Å². The SMILES string of the molecule is O=CNc1cccnc1Oc1ccc2ncnc(Nc3nc4cccnc4s3)c2c1. The number of hydrogen-bond acceptors (Lipinski definition) is 9. The number of nitrogens with one attached hydrogen (secondary N) is 2. The van der Waals surface area contributed by atoms with Crippen LogP contribution in [0, 0.1) is 0 Å². The van der Waals surface area contributed by atoms with Crippen LogP contribution in [0.25, 0.3) is 21.3 Å². The number of amides is 1. The van der Waals surface area contributed by atoms with Gasteiger partial charge >= 0.3 is 0 Å². The van der Waals surface area contributed by atoms with E-state index in [0.717, 1.165) is 21.3 Å². The molecule has 4 aromatic heterocycles. The van der Waals surface area contributed by atoms with E-state index < -0.39 is 0 Å². The summed E-state index contributed by atoms with van der Waals surface area (Å²) in [6.45, 7) is 0. The van der Waals surface area contributed by atoms with Gasteiger partial charge in [0.15, 0.2) is 5.13 Å². The highest BCUT2D eigenvalue weighted by Crippen LogP contribution is 2.32. The lowest BCUT2D eigenvalue weighted by Crippen LogP contribution is -1.99. The first-order valence-electron chi connectivity index (χ1n) is 8.86. The fraction of sp³-hybridized carbons (Fsp3) is 0. The molecule has 146 valence electrons. The van der Waals surface area contributed by atoms with Gasteiger partial charge < -0.3 is 15.4 Å². The normalized spacial score (nSPS) is 10.8. The van der Waals surface area contributed by atoms with Gasteiger partial charge in [-0.1, -0.05) is 11.3 Å². The van der Waals surface area contributed by atoms with Crippen LogP contribution < -0.4 is 15.4 Å². The van der Waals surface area contributed by atoms with Gasteiger partial charge in [-0.25, -0.2) is 24.9 Å². The van der Waals surface area contributed by atoms with Crippen molar-refractivity contribution in [2.45, 2.75) is 0 Å². The zero-order valence-electron chi connectivity index (χ0n) is 15.3. The minimum absolute atomic E-state index is 0.285. The van der Waals surface area contributed by atoms with Gasteiger partial charge in [0.25, 0.3) is 0 Å². The molecule has 2 N–H and O–H groups in total. The number of rotatable bonds is 6. The van der Waals surface area contributed by atoms with Gasteiger partial charge in [-0.3, -0.25) is 4.79 Å². The van der Waals surface area contributed by atoms with Crippen LogP contribution in [0.15, 0.2) is 61.2 Å². The average Bonchev–Trinajstić information content (AvgIpc) is 3.18. The van der Waals surface area contributed by atoms with Crippen LogP contribution in [0.3, 0.4) is 0 Å². The number of carbonyl (C=O) groups excluding carboxylic acids is 1. The Hall–Kier alpha value is -4.18. The molecule has 0 atom stereocenters. The van der Waals surface area contributed by atoms with Gasteiger partial charge in [-0.2, -0.15) is 0 Å². The maximum Gasteiger partial charge on any atom is 0.243 e. The number of benzene rings is 1. The number of fused-ring (bicyclic) bond motifs is 2. The monoisotopic (exact) mass is 415 g/mol. The van der Waals surface area contributed by atoms with Crippen molar-refractivity contribution in [1.82, 2.24) is 24.9 Å². The molecular weight excluding hydrogens is 402 g/mol. The van der Waals surface area contributed by atoms with Gasteiger partial charge in [-0.15, -0.1) is 0 Å². The number of ether oxygens (including phenoxy) is 1. The molecular formula is C20H13N7O2S. The van der Waals surface area contributed by atoms with Gasteiger partial charge in [-0.05, 0) is 42.5 Å². The van der Waals surface area contributed by atoms with Gasteiger partial charge in [0, 0.05) is 17.8 Å². The third kappa shape index (κ3) is 3.47. The molecule has 0 radical (unpaired) electrons. The molecule has 10 heteroatoms. The van der Waals surface area contributed by atoms with Gasteiger partial charge in [0.2, 0.25) is 12.3 Å². The molecule has 30 heavy (non-hydrogen) atoms. The van der Waals surface area contributed by atoms with Crippen molar-refractivity contribution in [2.24, 2.45) is 0 Å². The number of thiazole rings is 1. The topological polar surface area (TPSA) is 115 Å². The molecule has 5 aromatic rings. The molecule has 0 aliphatic heterocycles. The van der Waals surface area contributed by atoms with Crippen LogP contribution in [0.2, 0.25) is 0 Å². The Bertz CT molecular complexity index is 1340. The molecule has 1 amide bonds. The van der Waals surface area contributed by atoms with Crippen molar-refractivity contribution < 1.29 is 9.53 Å². The first kappa shape index (κ1) is 17.9. The fourth-order valence-electron chi connectivity index (χ4n) is 2.88. The zero-order valence-corrected chi connectivity index (χ0v) is 16.1. The minimum atomic E-state index is 0.285. The highest BCUT2D eigenvalue weighted by Gasteiger charge is 2.11. The first-order valence-corrected chi connectivity index (χ1v) is 9.68. The maximum absolute atomic E-state index is 10.8. The van der Waals surface area contributed by atoms with E-state index in [1.807, 2.05) is 24.3 Å². The highest BCUT2D eigenvalue weighted by molar-refractivity contribution is 7.21.